The molecule has 18 heavy (non-hydrogen) atoms. The first-order valence-corrected chi connectivity index (χ1v) is 7.02. The maximum absolute atomic E-state index is 10.3. The highest BCUT2D eigenvalue weighted by Crippen LogP contribution is 2.34. The fraction of sp³-hybridized carbons (Fsp3) is 0.714. The zero-order chi connectivity index (χ0) is 12.6. The van der Waals surface area contributed by atoms with E-state index in [1.54, 1.807) is 6.33 Å². The van der Waals surface area contributed by atoms with Gasteiger partial charge in [0.25, 0.3) is 0 Å². The van der Waals surface area contributed by atoms with E-state index in [1.165, 1.54) is 24.1 Å². The molecule has 0 spiro atoms. The molecule has 1 fully saturated rings. The van der Waals surface area contributed by atoms with Crippen LogP contribution < -0.4 is 4.90 Å². The van der Waals surface area contributed by atoms with E-state index in [4.69, 9.17) is 0 Å². The second-order valence-electron chi connectivity index (χ2n) is 5.66. The summed E-state index contributed by atoms with van der Waals surface area (Å²) in [6.45, 7) is 3.57. The normalized spacial score (nSPS) is 21.3. The summed E-state index contributed by atoms with van der Waals surface area (Å²) >= 11 is 0. The second-order valence-corrected chi connectivity index (χ2v) is 5.66. The minimum absolute atomic E-state index is 0.485. The Morgan fingerprint density at radius 1 is 1.28 bits per heavy atom. The van der Waals surface area contributed by atoms with Crippen molar-refractivity contribution in [1.82, 2.24) is 9.97 Å². The number of β-amino-alcohol motifs (C(OH)–C–C–N with tert-alkyl or cyclic N) is 1. The smallest absolute Gasteiger partial charge is 0.135 e. The standard InChI is InChI=1S/C14H21N3O/c1-2-7-14(18)8-17(9-14)13-11-5-3-4-6-12(11)15-10-16-13/h10,18H,2-9H2,1H3. The molecule has 0 radical (unpaired) electrons. The molecule has 0 bridgehead atoms. The molecule has 1 aliphatic heterocycles. The topological polar surface area (TPSA) is 49.2 Å². The maximum Gasteiger partial charge on any atom is 0.135 e. The summed E-state index contributed by atoms with van der Waals surface area (Å²) in [6.07, 6.45) is 8.25. The summed E-state index contributed by atoms with van der Waals surface area (Å²) in [6, 6.07) is 0. The average Bonchev–Trinajstić information content (AvgIpc) is 2.35. The molecule has 2 heterocycles. The Bertz CT molecular complexity index is 441. The van der Waals surface area contributed by atoms with Crippen LogP contribution in [0.1, 0.15) is 43.9 Å². The second kappa shape index (κ2) is 4.50. The zero-order valence-corrected chi connectivity index (χ0v) is 11.0. The van der Waals surface area contributed by atoms with Gasteiger partial charge in [0.15, 0.2) is 0 Å². The van der Waals surface area contributed by atoms with Crippen LogP contribution in [0.15, 0.2) is 6.33 Å². The highest BCUT2D eigenvalue weighted by Gasteiger charge is 2.41. The van der Waals surface area contributed by atoms with Gasteiger partial charge in [-0.05, 0) is 32.1 Å². The fourth-order valence-corrected chi connectivity index (χ4v) is 3.21. The number of nitrogens with zero attached hydrogens (tertiary/aromatic N) is 3. The van der Waals surface area contributed by atoms with Crippen LogP contribution in [0.2, 0.25) is 0 Å². The number of hydrogen-bond acceptors (Lipinski definition) is 4. The predicted octanol–water partition coefficient (Wildman–Crippen LogP) is 1.71. The number of anilines is 1. The van der Waals surface area contributed by atoms with E-state index < -0.39 is 5.60 Å². The van der Waals surface area contributed by atoms with E-state index in [1.807, 2.05) is 0 Å². The van der Waals surface area contributed by atoms with Gasteiger partial charge in [-0.2, -0.15) is 0 Å². The van der Waals surface area contributed by atoms with Crippen LogP contribution in [0.4, 0.5) is 5.82 Å². The van der Waals surface area contributed by atoms with Crippen molar-refractivity contribution >= 4 is 5.82 Å². The lowest BCUT2D eigenvalue weighted by Crippen LogP contribution is -2.62. The molecular weight excluding hydrogens is 226 g/mol. The Kier molecular flexibility index (Phi) is 2.98. The molecule has 0 saturated carbocycles. The number of hydrogen-bond donors (Lipinski definition) is 1. The maximum atomic E-state index is 10.3. The van der Waals surface area contributed by atoms with Gasteiger partial charge in [-0.3, -0.25) is 0 Å². The molecule has 0 aromatic carbocycles. The van der Waals surface area contributed by atoms with Crippen LogP contribution >= 0.6 is 0 Å². The molecule has 1 aliphatic carbocycles. The molecule has 3 rings (SSSR count). The first kappa shape index (κ1) is 11.9. The molecule has 4 heteroatoms. The van der Waals surface area contributed by atoms with Gasteiger partial charge >= 0.3 is 0 Å². The number of aliphatic hydroxyl groups is 1. The SMILES string of the molecule is CCCC1(O)CN(c2ncnc3c2CCCC3)C1. The van der Waals surface area contributed by atoms with Crippen LogP contribution in [0.25, 0.3) is 0 Å². The van der Waals surface area contributed by atoms with Crippen LogP contribution in [0, 0.1) is 0 Å². The van der Waals surface area contributed by atoms with Gasteiger partial charge in [-0.15, -0.1) is 0 Å². The summed E-state index contributed by atoms with van der Waals surface area (Å²) in [7, 11) is 0. The average molecular weight is 247 g/mol. The molecule has 98 valence electrons. The van der Waals surface area contributed by atoms with Crippen LogP contribution in [0.3, 0.4) is 0 Å². The molecule has 0 unspecified atom stereocenters. The van der Waals surface area contributed by atoms with Gasteiger partial charge in [0.2, 0.25) is 0 Å². The molecular formula is C14H21N3O. The van der Waals surface area contributed by atoms with Gasteiger partial charge < -0.3 is 10.0 Å². The minimum Gasteiger partial charge on any atom is -0.386 e. The van der Waals surface area contributed by atoms with Crippen molar-refractivity contribution in [1.29, 1.82) is 0 Å². The molecule has 4 nitrogen and oxygen atoms in total. The third-order valence-electron chi connectivity index (χ3n) is 4.09. The third kappa shape index (κ3) is 1.99. The fourth-order valence-electron chi connectivity index (χ4n) is 3.21. The highest BCUT2D eigenvalue weighted by atomic mass is 16.3. The monoisotopic (exact) mass is 247 g/mol. The van der Waals surface area contributed by atoms with Crippen molar-refractivity contribution in [3.05, 3.63) is 17.6 Å². The predicted molar refractivity (Wildman–Crippen MR) is 70.7 cm³/mol. The van der Waals surface area contributed by atoms with Crippen molar-refractivity contribution in [2.24, 2.45) is 0 Å². The first-order chi connectivity index (χ1) is 8.72. The van der Waals surface area contributed by atoms with Crippen molar-refractivity contribution in [3.63, 3.8) is 0 Å². The van der Waals surface area contributed by atoms with Gasteiger partial charge in [0.05, 0.1) is 5.60 Å². The number of fused-ring (bicyclic) bond motifs is 1. The summed E-state index contributed by atoms with van der Waals surface area (Å²) < 4.78 is 0. The van der Waals surface area contributed by atoms with Crippen molar-refractivity contribution in [3.8, 4) is 0 Å². The summed E-state index contributed by atoms with van der Waals surface area (Å²) in [5.41, 5.74) is 2.06. The van der Waals surface area contributed by atoms with Crippen LogP contribution in [-0.4, -0.2) is 33.8 Å². The van der Waals surface area contributed by atoms with Crippen molar-refractivity contribution in [2.45, 2.75) is 51.0 Å². The Balaban J connectivity index is 1.78. The van der Waals surface area contributed by atoms with Crippen molar-refractivity contribution in [2.75, 3.05) is 18.0 Å². The zero-order valence-electron chi connectivity index (χ0n) is 11.0. The molecule has 1 aromatic rings. The van der Waals surface area contributed by atoms with Gasteiger partial charge in [-0.25, -0.2) is 9.97 Å². The summed E-state index contributed by atoms with van der Waals surface area (Å²) in [4.78, 5) is 11.0. The lowest BCUT2D eigenvalue weighted by atomic mass is 9.88. The Hall–Kier alpha value is -1.16. The number of aromatic nitrogens is 2. The summed E-state index contributed by atoms with van der Waals surface area (Å²) in [5.74, 6) is 1.07. The van der Waals surface area contributed by atoms with Gasteiger partial charge in [0.1, 0.15) is 12.1 Å². The van der Waals surface area contributed by atoms with E-state index in [0.29, 0.717) is 0 Å². The van der Waals surface area contributed by atoms with E-state index in [0.717, 1.165) is 44.6 Å². The first-order valence-electron chi connectivity index (χ1n) is 7.02. The van der Waals surface area contributed by atoms with E-state index >= 15 is 0 Å². The van der Waals surface area contributed by atoms with Gasteiger partial charge in [-0.1, -0.05) is 13.3 Å². The molecule has 1 saturated heterocycles. The molecule has 1 N–H and O–H groups in total. The Morgan fingerprint density at radius 2 is 2.06 bits per heavy atom. The quantitative estimate of drug-likeness (QED) is 0.883. The highest BCUT2D eigenvalue weighted by molar-refractivity contribution is 5.52. The molecule has 0 amide bonds. The Morgan fingerprint density at radius 3 is 2.83 bits per heavy atom. The van der Waals surface area contributed by atoms with E-state index in [9.17, 15) is 5.11 Å². The third-order valence-corrected chi connectivity index (χ3v) is 4.09. The summed E-state index contributed by atoms with van der Waals surface area (Å²) in [5, 5.41) is 10.3. The molecule has 1 aromatic heterocycles. The van der Waals surface area contributed by atoms with Gasteiger partial charge in [0, 0.05) is 24.3 Å². The minimum atomic E-state index is -0.485. The molecule has 2 aliphatic rings. The number of rotatable bonds is 3. The van der Waals surface area contributed by atoms with E-state index in [2.05, 4.69) is 21.8 Å². The van der Waals surface area contributed by atoms with Crippen LogP contribution in [-0.2, 0) is 12.8 Å². The molecule has 0 atom stereocenters. The largest absolute Gasteiger partial charge is 0.386 e. The van der Waals surface area contributed by atoms with E-state index in [-0.39, 0.29) is 0 Å². The lowest BCUT2D eigenvalue weighted by molar-refractivity contribution is 0.00281. The van der Waals surface area contributed by atoms with Crippen LogP contribution in [0.5, 0.6) is 0 Å². The Labute approximate surface area is 108 Å². The number of aryl methyl sites for hydroxylation is 1. The lowest BCUT2D eigenvalue weighted by Gasteiger charge is -2.48. The van der Waals surface area contributed by atoms with Crippen molar-refractivity contribution < 1.29 is 5.11 Å².